The van der Waals surface area contributed by atoms with Gasteiger partial charge in [0.15, 0.2) is 0 Å². The molecule has 0 spiro atoms. The lowest BCUT2D eigenvalue weighted by Crippen LogP contribution is -2.30. The lowest BCUT2D eigenvalue weighted by atomic mass is 10.1. The van der Waals surface area contributed by atoms with Gasteiger partial charge in [0.2, 0.25) is 10.0 Å². The van der Waals surface area contributed by atoms with E-state index in [0.29, 0.717) is 13.1 Å². The number of amides is 1. The molecular formula is C21H24N4O3S. The van der Waals surface area contributed by atoms with Gasteiger partial charge in [0.25, 0.3) is 5.91 Å². The van der Waals surface area contributed by atoms with E-state index >= 15 is 0 Å². The summed E-state index contributed by atoms with van der Waals surface area (Å²) in [6.45, 7) is 6.22. The number of carbonyl (C=O) groups excluding carboxylic acids is 1. The molecular weight excluding hydrogens is 388 g/mol. The van der Waals surface area contributed by atoms with E-state index in [-0.39, 0.29) is 10.5 Å². The number of hydrazone groups is 1. The minimum atomic E-state index is -3.63. The highest BCUT2D eigenvalue weighted by Crippen LogP contribution is 2.20. The van der Waals surface area contributed by atoms with E-state index in [0.717, 1.165) is 22.2 Å². The number of benzene rings is 2. The number of hydrogen-bond acceptors (Lipinski definition) is 4. The maximum atomic E-state index is 12.7. The monoisotopic (exact) mass is 412 g/mol. The fourth-order valence-corrected chi connectivity index (χ4v) is 4.70. The van der Waals surface area contributed by atoms with Crippen molar-refractivity contribution in [1.29, 1.82) is 0 Å². The van der Waals surface area contributed by atoms with Gasteiger partial charge in [-0.15, -0.1) is 0 Å². The highest BCUT2D eigenvalue weighted by atomic mass is 32.2. The van der Waals surface area contributed by atoms with Crippen molar-refractivity contribution in [3.05, 3.63) is 65.4 Å². The van der Waals surface area contributed by atoms with Crippen LogP contribution in [0.1, 0.15) is 35.5 Å². The van der Waals surface area contributed by atoms with Crippen LogP contribution in [0.15, 0.2) is 58.5 Å². The van der Waals surface area contributed by atoms with Crippen LogP contribution in [0.4, 0.5) is 0 Å². The number of aromatic amines is 1. The summed E-state index contributed by atoms with van der Waals surface area (Å²) in [6, 6.07) is 13.8. The molecule has 152 valence electrons. The number of carbonyl (C=O) groups is 1. The van der Waals surface area contributed by atoms with Crippen molar-refractivity contribution < 1.29 is 13.2 Å². The van der Waals surface area contributed by atoms with Gasteiger partial charge in [-0.2, -0.15) is 9.41 Å². The summed E-state index contributed by atoms with van der Waals surface area (Å²) in [5.74, 6) is -0.477. The SMILES string of the molecule is CCN(CC)S(=O)(=O)c1cccc(C(=O)N/N=C/c2c(C)[nH]c3ccccc23)c1. The molecule has 2 N–H and O–H groups in total. The zero-order chi connectivity index (χ0) is 21.0. The van der Waals surface area contributed by atoms with Gasteiger partial charge in [-0.3, -0.25) is 4.79 Å². The van der Waals surface area contributed by atoms with Crippen molar-refractivity contribution in [2.75, 3.05) is 13.1 Å². The van der Waals surface area contributed by atoms with Crippen molar-refractivity contribution in [1.82, 2.24) is 14.7 Å². The fraction of sp³-hybridized carbons (Fsp3) is 0.238. The predicted molar refractivity (Wildman–Crippen MR) is 115 cm³/mol. The van der Waals surface area contributed by atoms with E-state index in [4.69, 9.17) is 0 Å². The van der Waals surface area contributed by atoms with Crippen molar-refractivity contribution in [2.24, 2.45) is 5.10 Å². The van der Waals surface area contributed by atoms with Crippen molar-refractivity contribution in [2.45, 2.75) is 25.7 Å². The number of fused-ring (bicyclic) bond motifs is 1. The first kappa shape index (κ1) is 20.8. The van der Waals surface area contributed by atoms with Gasteiger partial charge >= 0.3 is 0 Å². The maximum absolute atomic E-state index is 12.7. The molecule has 0 aliphatic heterocycles. The lowest BCUT2D eigenvalue weighted by Gasteiger charge is -2.18. The number of rotatable bonds is 7. The molecule has 29 heavy (non-hydrogen) atoms. The molecule has 3 rings (SSSR count). The number of nitrogens with one attached hydrogen (secondary N) is 2. The van der Waals surface area contributed by atoms with Crippen LogP contribution < -0.4 is 5.43 Å². The van der Waals surface area contributed by atoms with E-state index in [9.17, 15) is 13.2 Å². The second-order valence-corrected chi connectivity index (χ2v) is 8.46. The summed E-state index contributed by atoms with van der Waals surface area (Å²) in [4.78, 5) is 15.8. The Morgan fingerprint density at radius 1 is 1.14 bits per heavy atom. The average Bonchev–Trinajstić information content (AvgIpc) is 3.04. The number of H-pyrrole nitrogens is 1. The first-order valence-corrected chi connectivity index (χ1v) is 10.8. The minimum Gasteiger partial charge on any atom is -0.358 e. The summed E-state index contributed by atoms with van der Waals surface area (Å²) < 4.78 is 26.7. The van der Waals surface area contributed by atoms with E-state index < -0.39 is 15.9 Å². The Kier molecular flexibility index (Phi) is 6.14. The standard InChI is InChI=1S/C21H24N4O3S/c1-4-25(5-2)29(27,28)17-10-8-9-16(13-17)21(26)24-22-14-19-15(3)23-20-12-7-6-11-18(19)20/h6-14,23H,4-5H2,1-3H3,(H,24,26)/b22-14+. The Labute approximate surface area is 170 Å². The molecule has 0 bridgehead atoms. The second-order valence-electron chi connectivity index (χ2n) is 6.53. The quantitative estimate of drug-likeness (QED) is 0.461. The zero-order valence-electron chi connectivity index (χ0n) is 16.6. The molecule has 1 amide bonds. The van der Waals surface area contributed by atoms with Crippen LogP contribution in [0.2, 0.25) is 0 Å². The summed E-state index contributed by atoms with van der Waals surface area (Å²) in [6.07, 6.45) is 1.59. The van der Waals surface area contributed by atoms with E-state index in [1.165, 1.54) is 16.4 Å². The van der Waals surface area contributed by atoms with Crippen LogP contribution in [0, 0.1) is 6.92 Å². The van der Waals surface area contributed by atoms with Gasteiger partial charge in [0.05, 0.1) is 11.1 Å². The average molecular weight is 413 g/mol. The van der Waals surface area contributed by atoms with Gasteiger partial charge < -0.3 is 4.98 Å². The Bertz CT molecular complexity index is 1160. The Morgan fingerprint density at radius 3 is 2.59 bits per heavy atom. The molecule has 0 aliphatic rings. The number of aromatic nitrogens is 1. The summed E-state index contributed by atoms with van der Waals surface area (Å²) >= 11 is 0. The molecule has 2 aromatic carbocycles. The Morgan fingerprint density at radius 2 is 1.86 bits per heavy atom. The summed E-state index contributed by atoms with van der Waals surface area (Å²) in [7, 11) is -3.63. The zero-order valence-corrected chi connectivity index (χ0v) is 17.5. The molecule has 0 saturated carbocycles. The topological polar surface area (TPSA) is 94.6 Å². The minimum absolute atomic E-state index is 0.0882. The third-order valence-electron chi connectivity index (χ3n) is 4.74. The Hall–Kier alpha value is -2.97. The number of nitrogens with zero attached hydrogens (tertiary/aromatic N) is 2. The lowest BCUT2D eigenvalue weighted by molar-refractivity contribution is 0.0955. The number of sulfonamides is 1. The van der Waals surface area contributed by atoms with E-state index in [1.54, 1.807) is 32.2 Å². The number of hydrogen-bond donors (Lipinski definition) is 2. The maximum Gasteiger partial charge on any atom is 0.271 e. The molecule has 1 aromatic heterocycles. The molecule has 0 atom stereocenters. The van der Waals surface area contributed by atoms with Crippen LogP contribution in [0.5, 0.6) is 0 Å². The van der Waals surface area contributed by atoms with Gasteiger partial charge in [-0.05, 0) is 31.2 Å². The number of para-hydroxylation sites is 1. The molecule has 3 aromatic rings. The van der Waals surface area contributed by atoms with Crippen molar-refractivity contribution in [3.8, 4) is 0 Å². The first-order chi connectivity index (χ1) is 13.9. The van der Waals surface area contributed by atoms with Crippen LogP contribution in [0.3, 0.4) is 0 Å². The second kappa shape index (κ2) is 8.59. The van der Waals surface area contributed by atoms with Gasteiger partial charge in [0.1, 0.15) is 0 Å². The van der Waals surface area contributed by atoms with Crippen LogP contribution in [0.25, 0.3) is 10.9 Å². The fourth-order valence-electron chi connectivity index (χ4n) is 3.20. The highest BCUT2D eigenvalue weighted by Gasteiger charge is 2.22. The third kappa shape index (κ3) is 4.23. The predicted octanol–water partition coefficient (Wildman–Crippen LogP) is 3.27. The van der Waals surface area contributed by atoms with Gasteiger partial charge in [-0.1, -0.05) is 38.1 Å². The highest BCUT2D eigenvalue weighted by molar-refractivity contribution is 7.89. The number of aryl methyl sites for hydroxylation is 1. The van der Waals surface area contributed by atoms with Crippen LogP contribution in [-0.2, 0) is 10.0 Å². The van der Waals surface area contributed by atoms with Gasteiger partial charge in [-0.25, -0.2) is 13.8 Å². The Balaban J connectivity index is 1.79. The molecule has 0 fully saturated rings. The molecule has 0 saturated heterocycles. The molecule has 1 heterocycles. The van der Waals surface area contributed by atoms with Crippen LogP contribution in [-0.4, -0.2) is 42.9 Å². The third-order valence-corrected chi connectivity index (χ3v) is 6.79. The molecule has 0 unspecified atom stereocenters. The summed E-state index contributed by atoms with van der Waals surface area (Å²) in [5.41, 5.74) is 5.52. The first-order valence-electron chi connectivity index (χ1n) is 9.39. The van der Waals surface area contributed by atoms with E-state index in [2.05, 4.69) is 15.5 Å². The molecule has 7 nitrogen and oxygen atoms in total. The summed E-state index contributed by atoms with van der Waals surface area (Å²) in [5, 5.41) is 5.07. The normalized spacial score (nSPS) is 12.1. The van der Waals surface area contributed by atoms with Crippen LogP contribution >= 0.6 is 0 Å². The van der Waals surface area contributed by atoms with Crippen molar-refractivity contribution in [3.63, 3.8) is 0 Å². The van der Waals surface area contributed by atoms with Crippen molar-refractivity contribution >= 4 is 33.0 Å². The molecule has 0 radical (unpaired) electrons. The smallest absolute Gasteiger partial charge is 0.271 e. The molecule has 8 heteroatoms. The van der Waals surface area contributed by atoms with E-state index in [1.807, 2.05) is 31.2 Å². The largest absolute Gasteiger partial charge is 0.358 e. The molecule has 0 aliphatic carbocycles. The van der Waals surface area contributed by atoms with Gasteiger partial charge in [0, 0.05) is 40.8 Å².